The Morgan fingerprint density at radius 3 is 1.74 bits per heavy atom. The molecule has 2 aromatic carbocycles. The maximum absolute atomic E-state index is 13.4. The second-order valence-corrected chi connectivity index (χ2v) is 38.3. The minimum atomic E-state index is -3.42. The van der Waals surface area contributed by atoms with Crippen molar-refractivity contribution in [1.82, 2.24) is 4.90 Å². The molecule has 11 heterocycles. The van der Waals surface area contributed by atoms with Crippen LogP contribution in [0.25, 0.3) is 0 Å². The summed E-state index contributed by atoms with van der Waals surface area (Å²) in [5.41, 5.74) is 2.52. The van der Waals surface area contributed by atoms with Crippen LogP contribution in [-0.2, 0) is 11.3 Å². The van der Waals surface area contributed by atoms with Gasteiger partial charge in [0.15, 0.2) is 0 Å². The summed E-state index contributed by atoms with van der Waals surface area (Å²) in [7, 11) is 0. The molecule has 31 heavy (non-hydrogen) atoms. The van der Waals surface area contributed by atoms with Gasteiger partial charge in [-0.2, -0.15) is 0 Å². The van der Waals surface area contributed by atoms with Gasteiger partial charge in [-0.05, 0) is 0 Å². The van der Waals surface area contributed by atoms with E-state index in [4.69, 9.17) is 4.99 Å². The third kappa shape index (κ3) is 0.281. The predicted octanol–water partition coefficient (Wildman–Crippen LogP) is 6.49. The molecule has 2 aromatic rings. The molecule has 0 N–H and O–H groups in total. The number of rotatable bonds is 3. The van der Waals surface area contributed by atoms with E-state index < -0.39 is 6.51 Å². The number of benzene rings is 2. The van der Waals surface area contributed by atoms with Crippen molar-refractivity contribution in [2.24, 2.45) is 4.99 Å². The molecule has 13 rings (SSSR count). The van der Waals surface area contributed by atoms with Crippen LogP contribution in [0, 0.1) is 0 Å². The summed E-state index contributed by atoms with van der Waals surface area (Å²) < 4.78 is 0.501. The van der Waals surface area contributed by atoms with Crippen LogP contribution in [0.2, 0.25) is 47.7 Å². The summed E-state index contributed by atoms with van der Waals surface area (Å²) in [6, 6.07) is 21.6. The van der Waals surface area contributed by atoms with Gasteiger partial charge in [-0.1, -0.05) is 0 Å². The van der Waals surface area contributed by atoms with Crippen LogP contribution in [0.5, 0.6) is 0 Å². The van der Waals surface area contributed by atoms with Crippen LogP contribution >= 0.6 is 0 Å². The number of aliphatic imine (C=N–C) groups is 1. The SMILES string of the molecule is CC(=O)N1C([C]23[CH]4[CH]5[CH]6[CH]2[Fe]56432789[CH]3[CH]2[CH]7[CH]8[CH]39)=NC(c2ccccc2)C1c1ccccc1. The Kier molecular flexibility index (Phi) is 0.775. The molecule has 0 radical (unpaired) electrons. The number of carbonyl (C=O) groups is 1. The number of amides is 1. The number of fused-ring (bicyclic) bond motifs is 10. The van der Waals surface area contributed by atoms with Gasteiger partial charge in [0.2, 0.25) is 0 Å². The molecule has 6 atom stereocenters. The first-order chi connectivity index (χ1) is 14.9. The summed E-state index contributed by atoms with van der Waals surface area (Å²) in [5.74, 6) is 1.57. The first kappa shape index (κ1) is 13.6. The number of carbonyl (C=O) groups excluding carboxylic acids is 1. The zero-order valence-corrected chi connectivity index (χ0v) is 18.4. The molecule has 0 saturated carbocycles. The van der Waals surface area contributed by atoms with E-state index in [1.165, 1.54) is 50.7 Å². The molecule has 6 unspecified atom stereocenters. The Labute approximate surface area is 171 Å². The number of nitrogens with zero attached hydrogens (tertiary/aromatic N) is 2. The van der Waals surface area contributed by atoms with Gasteiger partial charge in [0.25, 0.3) is 0 Å². The Balaban J connectivity index is 1.13. The number of hydrogen-bond donors (Lipinski definition) is 0. The third-order valence-corrected chi connectivity index (χ3v) is 61.0. The van der Waals surface area contributed by atoms with Gasteiger partial charge >= 0.3 is 171 Å². The zero-order chi connectivity index (χ0) is 19.8. The molecule has 11 aliphatic rings. The van der Waals surface area contributed by atoms with Crippen molar-refractivity contribution in [3.8, 4) is 0 Å². The average molecular weight is 448 g/mol. The molecule has 0 bridgehead atoms. The molecule has 11 aliphatic heterocycles. The van der Waals surface area contributed by atoms with Crippen molar-refractivity contribution >= 4 is 11.7 Å². The van der Waals surface area contributed by atoms with E-state index in [-0.39, 0.29) is 18.0 Å². The van der Waals surface area contributed by atoms with Crippen LogP contribution in [0.3, 0.4) is 0 Å². The summed E-state index contributed by atoms with van der Waals surface area (Å²) in [5, 5.41) is 0. The van der Waals surface area contributed by atoms with Crippen molar-refractivity contribution in [3.05, 3.63) is 71.8 Å². The molecule has 156 valence electrons. The van der Waals surface area contributed by atoms with Crippen LogP contribution in [0.15, 0.2) is 65.7 Å². The topological polar surface area (TPSA) is 32.7 Å². The van der Waals surface area contributed by atoms with E-state index in [0.29, 0.717) is 4.31 Å². The summed E-state index contributed by atoms with van der Waals surface area (Å²) in [6.45, 7) is -1.61. The van der Waals surface area contributed by atoms with Crippen LogP contribution in [0.4, 0.5) is 0 Å². The molecule has 10 saturated heterocycles. The first-order valence-electron chi connectivity index (χ1n) is 12.1. The van der Waals surface area contributed by atoms with E-state index in [9.17, 15) is 4.79 Å². The monoisotopic (exact) mass is 448 g/mol. The fourth-order valence-electron chi connectivity index (χ4n) is 19.8. The first-order valence-corrected chi connectivity index (χ1v) is 18.4. The van der Waals surface area contributed by atoms with Gasteiger partial charge in [-0.3, -0.25) is 0 Å². The second kappa shape index (κ2) is 1.77. The van der Waals surface area contributed by atoms with Crippen molar-refractivity contribution in [3.63, 3.8) is 0 Å². The Morgan fingerprint density at radius 1 is 0.806 bits per heavy atom. The summed E-state index contributed by atoms with van der Waals surface area (Å²) in [6.07, 6.45) is 0. The Hall–Kier alpha value is -1.90. The predicted molar refractivity (Wildman–Crippen MR) is 115 cm³/mol. The third-order valence-electron chi connectivity index (χ3n) is 18.7. The number of amidine groups is 1. The molecule has 10 fully saturated rings. The molecular formula is C27H24FeN2O. The summed E-state index contributed by atoms with van der Waals surface area (Å²) in [4.78, 5) is 32.3. The van der Waals surface area contributed by atoms with E-state index in [1.807, 2.05) is 6.92 Å². The van der Waals surface area contributed by atoms with Crippen molar-refractivity contribution in [1.29, 1.82) is 0 Å². The quantitative estimate of drug-likeness (QED) is 0.494. The number of hydrogen-bond acceptors (Lipinski definition) is 2. The normalized spacial score (nSPS) is 77.6. The van der Waals surface area contributed by atoms with E-state index in [1.54, 1.807) is 0 Å². The van der Waals surface area contributed by atoms with Gasteiger partial charge in [0.05, 0.1) is 0 Å². The van der Waals surface area contributed by atoms with E-state index >= 15 is 0 Å². The molecule has 0 aliphatic carbocycles. The van der Waals surface area contributed by atoms with Crippen LogP contribution in [0.1, 0.15) is 30.1 Å². The van der Waals surface area contributed by atoms with Crippen molar-refractivity contribution < 1.29 is 11.3 Å². The van der Waals surface area contributed by atoms with Gasteiger partial charge in [0.1, 0.15) is 0 Å². The standard InChI is InChI=1S/C22H19N2O.C5H5.Fe/c1-16(25)24-21(18-12-6-3-7-13-18)20(17-10-4-2-5-11-17)23-22(24)19-14-8-9-15-19;1-2-4-5-3-1;/h2-15,20-21H,1H3;1-5H;. The van der Waals surface area contributed by atoms with Gasteiger partial charge in [-0.15, -0.1) is 0 Å². The molecule has 1 spiro atoms. The average Bonchev–Trinajstić information content (AvgIpc) is 3.70. The molecular weight excluding hydrogens is 424 g/mol. The van der Waals surface area contributed by atoms with Crippen LogP contribution < -0.4 is 0 Å². The van der Waals surface area contributed by atoms with Gasteiger partial charge < -0.3 is 0 Å². The van der Waals surface area contributed by atoms with E-state index in [2.05, 4.69) is 65.6 Å². The second-order valence-electron chi connectivity index (χ2n) is 14.7. The molecule has 4 heteroatoms. The van der Waals surface area contributed by atoms with Crippen LogP contribution in [-0.4, -0.2) is 16.6 Å². The molecule has 1 amide bonds. The Morgan fingerprint density at radius 2 is 1.32 bits per heavy atom. The van der Waals surface area contributed by atoms with E-state index in [0.717, 1.165) is 9.63 Å². The fourth-order valence-corrected chi connectivity index (χ4v) is 93.7. The van der Waals surface area contributed by atoms with Gasteiger partial charge in [-0.25, -0.2) is 0 Å². The molecule has 3 nitrogen and oxygen atoms in total. The van der Waals surface area contributed by atoms with Crippen molar-refractivity contribution in [2.45, 2.75) is 66.7 Å². The van der Waals surface area contributed by atoms with Gasteiger partial charge in [0, 0.05) is 0 Å². The minimum absolute atomic E-state index is 0.0244. The molecule has 0 aromatic heterocycles. The summed E-state index contributed by atoms with van der Waals surface area (Å²) >= 11 is 0. The zero-order valence-electron chi connectivity index (χ0n) is 17.3. The maximum atomic E-state index is 13.4. The fraction of sp³-hybridized carbons (Fsp3) is 0.481. The Bertz CT molecular complexity index is 1690. The van der Waals surface area contributed by atoms with Crippen molar-refractivity contribution in [2.75, 3.05) is 0 Å².